The predicted octanol–water partition coefficient (Wildman–Crippen LogP) is 2.17. The minimum absolute atomic E-state index is 0.165. The van der Waals surface area contributed by atoms with Gasteiger partial charge in [-0.2, -0.15) is 0 Å². The number of aliphatic hydroxyl groups is 1. The lowest BCUT2D eigenvalue weighted by Gasteiger charge is -2.30. The van der Waals surface area contributed by atoms with E-state index in [9.17, 15) is 5.11 Å². The van der Waals surface area contributed by atoms with Crippen LogP contribution in [0.4, 0.5) is 0 Å². The van der Waals surface area contributed by atoms with Crippen molar-refractivity contribution in [3.8, 4) is 0 Å². The fraction of sp³-hybridized carbons (Fsp3) is 1.00. The number of hydrogen-bond donors (Lipinski definition) is 2. The van der Waals surface area contributed by atoms with E-state index in [0.29, 0.717) is 5.92 Å². The van der Waals surface area contributed by atoms with Gasteiger partial charge in [0.1, 0.15) is 0 Å². The molecule has 2 N–H and O–H groups in total. The van der Waals surface area contributed by atoms with E-state index in [1.165, 1.54) is 12.8 Å². The number of aliphatic hydroxyl groups excluding tert-OH is 1. The van der Waals surface area contributed by atoms with E-state index < -0.39 is 0 Å². The second kappa shape index (κ2) is 5.61. The van der Waals surface area contributed by atoms with Gasteiger partial charge in [-0.3, -0.25) is 0 Å². The highest BCUT2D eigenvalue weighted by Crippen LogP contribution is 2.10. The second-order valence-electron chi connectivity index (χ2n) is 4.67. The maximum Gasteiger partial charge on any atom is 0.0688 e. The maximum atomic E-state index is 9.46. The lowest BCUT2D eigenvalue weighted by atomic mass is 9.97. The Morgan fingerprint density at radius 3 is 2.23 bits per heavy atom. The molecule has 0 spiro atoms. The smallest absolute Gasteiger partial charge is 0.0688 e. The fourth-order valence-electron chi connectivity index (χ4n) is 1.18. The van der Waals surface area contributed by atoms with Crippen LogP contribution in [0.25, 0.3) is 0 Å². The second-order valence-corrected chi connectivity index (χ2v) is 4.67. The van der Waals surface area contributed by atoms with Crippen molar-refractivity contribution < 1.29 is 5.11 Å². The molecule has 0 fully saturated rings. The molecule has 80 valence electrons. The van der Waals surface area contributed by atoms with E-state index in [1.54, 1.807) is 0 Å². The van der Waals surface area contributed by atoms with Crippen molar-refractivity contribution in [1.82, 2.24) is 5.32 Å². The summed E-state index contributed by atoms with van der Waals surface area (Å²) in [5, 5.41) is 12.9. The van der Waals surface area contributed by atoms with Gasteiger partial charge in [0.05, 0.1) is 6.10 Å². The first-order chi connectivity index (χ1) is 5.90. The summed E-state index contributed by atoms with van der Waals surface area (Å²) in [6, 6.07) is 0. The molecule has 0 aliphatic carbocycles. The molecule has 2 heteroatoms. The average molecular weight is 187 g/mol. The summed E-state index contributed by atoms with van der Waals surface area (Å²) in [5.74, 6) is 0.697. The Morgan fingerprint density at radius 1 is 1.31 bits per heavy atom. The molecule has 0 saturated heterocycles. The molecule has 0 aromatic heterocycles. The first-order valence-electron chi connectivity index (χ1n) is 5.33. The van der Waals surface area contributed by atoms with Crippen LogP contribution in [0.1, 0.15) is 47.5 Å². The molecule has 0 aromatic rings. The third-order valence-corrected chi connectivity index (χ3v) is 2.73. The Morgan fingerprint density at radius 2 is 1.85 bits per heavy atom. The zero-order chi connectivity index (χ0) is 10.5. The quantitative estimate of drug-likeness (QED) is 0.668. The van der Waals surface area contributed by atoms with Crippen molar-refractivity contribution >= 4 is 0 Å². The highest BCUT2D eigenvalue weighted by Gasteiger charge is 2.23. The van der Waals surface area contributed by atoms with E-state index in [0.717, 1.165) is 6.54 Å². The first kappa shape index (κ1) is 12.9. The van der Waals surface area contributed by atoms with Crippen LogP contribution >= 0.6 is 0 Å². The standard InChI is InChI=1S/C11H25NO/c1-6-7-9(2)8-12-11(4,5)10(3)13/h9-10,12-13H,6-8H2,1-5H3. The minimum atomic E-state index is -0.304. The molecule has 13 heavy (non-hydrogen) atoms. The van der Waals surface area contributed by atoms with Gasteiger partial charge in [0.15, 0.2) is 0 Å². The number of hydrogen-bond acceptors (Lipinski definition) is 2. The molecule has 0 amide bonds. The van der Waals surface area contributed by atoms with E-state index >= 15 is 0 Å². The van der Waals surface area contributed by atoms with Crippen LogP contribution in [0.15, 0.2) is 0 Å². The average Bonchev–Trinajstić information content (AvgIpc) is 2.01. The number of rotatable bonds is 6. The van der Waals surface area contributed by atoms with Crippen molar-refractivity contribution in [3.05, 3.63) is 0 Å². The summed E-state index contributed by atoms with van der Waals surface area (Å²) in [5.41, 5.74) is -0.165. The van der Waals surface area contributed by atoms with Gasteiger partial charge in [-0.05, 0) is 39.7 Å². The zero-order valence-corrected chi connectivity index (χ0v) is 9.72. The molecular weight excluding hydrogens is 162 g/mol. The Bertz CT molecular complexity index is 132. The van der Waals surface area contributed by atoms with Gasteiger partial charge >= 0.3 is 0 Å². The van der Waals surface area contributed by atoms with Gasteiger partial charge in [0.2, 0.25) is 0 Å². The molecule has 0 aromatic carbocycles. The van der Waals surface area contributed by atoms with Crippen LogP contribution in [-0.2, 0) is 0 Å². The molecule has 2 unspecified atom stereocenters. The van der Waals surface area contributed by atoms with Crippen molar-refractivity contribution in [2.75, 3.05) is 6.54 Å². The van der Waals surface area contributed by atoms with Gasteiger partial charge in [-0.1, -0.05) is 20.3 Å². The fourth-order valence-corrected chi connectivity index (χ4v) is 1.18. The first-order valence-corrected chi connectivity index (χ1v) is 5.33. The molecule has 0 bridgehead atoms. The molecule has 2 nitrogen and oxygen atoms in total. The molecule has 0 aliphatic heterocycles. The van der Waals surface area contributed by atoms with Gasteiger partial charge in [-0.25, -0.2) is 0 Å². The summed E-state index contributed by atoms with van der Waals surface area (Å²) in [6.07, 6.45) is 2.18. The Hall–Kier alpha value is -0.0800. The SMILES string of the molecule is CCCC(C)CNC(C)(C)C(C)O. The molecule has 0 heterocycles. The van der Waals surface area contributed by atoms with Crippen LogP contribution < -0.4 is 5.32 Å². The highest BCUT2D eigenvalue weighted by molar-refractivity contribution is 4.83. The highest BCUT2D eigenvalue weighted by atomic mass is 16.3. The lowest BCUT2D eigenvalue weighted by Crippen LogP contribution is -2.49. The maximum absolute atomic E-state index is 9.46. The van der Waals surface area contributed by atoms with Crippen LogP contribution in [-0.4, -0.2) is 23.3 Å². The third-order valence-electron chi connectivity index (χ3n) is 2.73. The van der Waals surface area contributed by atoms with Crippen LogP contribution in [0.3, 0.4) is 0 Å². The zero-order valence-electron chi connectivity index (χ0n) is 9.72. The van der Waals surface area contributed by atoms with E-state index in [-0.39, 0.29) is 11.6 Å². The minimum Gasteiger partial charge on any atom is -0.392 e. The third kappa shape index (κ3) is 5.27. The Labute approximate surface area is 82.7 Å². The Balaban J connectivity index is 3.74. The Kier molecular flexibility index (Phi) is 5.57. The van der Waals surface area contributed by atoms with Crippen molar-refractivity contribution in [2.45, 2.75) is 59.1 Å². The molecule has 0 rings (SSSR count). The molecule has 2 atom stereocenters. The van der Waals surface area contributed by atoms with Gasteiger partial charge in [0, 0.05) is 5.54 Å². The number of nitrogens with one attached hydrogen (secondary N) is 1. The van der Waals surface area contributed by atoms with Gasteiger partial charge in [-0.15, -0.1) is 0 Å². The van der Waals surface area contributed by atoms with Crippen LogP contribution in [0.2, 0.25) is 0 Å². The monoisotopic (exact) mass is 187 g/mol. The normalized spacial score (nSPS) is 17.1. The lowest BCUT2D eigenvalue weighted by molar-refractivity contribution is 0.0938. The van der Waals surface area contributed by atoms with Crippen LogP contribution in [0, 0.1) is 5.92 Å². The van der Waals surface area contributed by atoms with E-state index in [4.69, 9.17) is 0 Å². The van der Waals surface area contributed by atoms with Gasteiger partial charge < -0.3 is 10.4 Å². The summed E-state index contributed by atoms with van der Waals surface area (Å²) in [7, 11) is 0. The predicted molar refractivity (Wildman–Crippen MR) is 57.8 cm³/mol. The summed E-state index contributed by atoms with van der Waals surface area (Å²) in [6.45, 7) is 11.3. The van der Waals surface area contributed by atoms with E-state index in [2.05, 4.69) is 19.2 Å². The van der Waals surface area contributed by atoms with Crippen molar-refractivity contribution in [1.29, 1.82) is 0 Å². The summed E-state index contributed by atoms with van der Waals surface area (Å²) in [4.78, 5) is 0. The van der Waals surface area contributed by atoms with E-state index in [1.807, 2.05) is 20.8 Å². The molecule has 0 aliphatic rings. The molecule has 0 saturated carbocycles. The van der Waals surface area contributed by atoms with Crippen molar-refractivity contribution in [3.63, 3.8) is 0 Å². The molecule has 0 radical (unpaired) electrons. The summed E-state index contributed by atoms with van der Waals surface area (Å²) < 4.78 is 0. The summed E-state index contributed by atoms with van der Waals surface area (Å²) >= 11 is 0. The van der Waals surface area contributed by atoms with Gasteiger partial charge in [0.25, 0.3) is 0 Å². The topological polar surface area (TPSA) is 32.3 Å². The largest absolute Gasteiger partial charge is 0.392 e. The van der Waals surface area contributed by atoms with Crippen molar-refractivity contribution in [2.24, 2.45) is 5.92 Å². The van der Waals surface area contributed by atoms with Crippen LogP contribution in [0.5, 0.6) is 0 Å². The molecular formula is C11H25NO.